The molecule has 0 unspecified atom stereocenters. The molecule has 1 aromatic heterocycles. The van der Waals surface area contributed by atoms with Crippen LogP contribution in [0.3, 0.4) is 0 Å². The van der Waals surface area contributed by atoms with Gasteiger partial charge in [0.2, 0.25) is 0 Å². The van der Waals surface area contributed by atoms with E-state index in [0.29, 0.717) is 0 Å². The van der Waals surface area contributed by atoms with Crippen molar-refractivity contribution >= 4 is 44.2 Å². The lowest BCUT2D eigenvalue weighted by molar-refractivity contribution is 1.20. The minimum atomic E-state index is 0.754. The molecule has 0 aliphatic heterocycles. The van der Waals surface area contributed by atoms with Gasteiger partial charge in [-0.15, -0.1) is 0 Å². The number of benzene rings is 5. The summed E-state index contributed by atoms with van der Waals surface area (Å²) >= 11 is 6.15. The Bertz CT molecular complexity index is 1540. The molecule has 0 saturated carbocycles. The number of aromatic nitrogens is 1. The first-order valence-electron chi connectivity index (χ1n) is 10.1. The molecule has 0 fully saturated rings. The molecule has 0 amide bonds. The van der Waals surface area contributed by atoms with E-state index in [4.69, 9.17) is 11.6 Å². The molecule has 0 bridgehead atoms. The number of fused-ring (bicyclic) bond motifs is 4. The molecule has 0 saturated heterocycles. The third-order valence-corrected chi connectivity index (χ3v) is 6.11. The quantitative estimate of drug-likeness (QED) is 0.274. The van der Waals surface area contributed by atoms with Gasteiger partial charge >= 0.3 is 0 Å². The van der Waals surface area contributed by atoms with Crippen molar-refractivity contribution in [2.75, 3.05) is 0 Å². The highest BCUT2D eigenvalue weighted by molar-refractivity contribution is 6.30. The predicted molar refractivity (Wildman–Crippen MR) is 129 cm³/mol. The molecular weight excluding hydrogens is 386 g/mol. The lowest BCUT2D eigenvalue weighted by Gasteiger charge is -2.12. The molecule has 2 heteroatoms. The van der Waals surface area contributed by atoms with Crippen molar-refractivity contribution < 1.29 is 0 Å². The molecule has 1 nitrogen and oxygen atoms in total. The zero-order chi connectivity index (χ0) is 20.1. The minimum Gasteiger partial charge on any atom is -0.309 e. The maximum Gasteiger partial charge on any atom is 0.0547 e. The van der Waals surface area contributed by atoms with Crippen LogP contribution in [-0.2, 0) is 0 Å². The second-order valence-corrected chi connectivity index (χ2v) is 7.99. The van der Waals surface area contributed by atoms with E-state index < -0.39 is 0 Å². The van der Waals surface area contributed by atoms with E-state index in [0.717, 1.165) is 5.02 Å². The molecule has 0 radical (unpaired) electrons. The summed E-state index contributed by atoms with van der Waals surface area (Å²) < 4.78 is 2.40. The van der Waals surface area contributed by atoms with E-state index in [1.165, 1.54) is 49.4 Å². The van der Waals surface area contributed by atoms with Gasteiger partial charge < -0.3 is 4.57 Å². The Balaban J connectivity index is 1.77. The summed E-state index contributed by atoms with van der Waals surface area (Å²) in [5, 5.41) is 5.77. The highest BCUT2D eigenvalue weighted by Gasteiger charge is 2.16. The van der Waals surface area contributed by atoms with E-state index in [-0.39, 0.29) is 0 Å². The number of halogens is 1. The van der Waals surface area contributed by atoms with Gasteiger partial charge in [0.05, 0.1) is 16.7 Å². The fourth-order valence-corrected chi connectivity index (χ4v) is 4.68. The van der Waals surface area contributed by atoms with E-state index in [2.05, 4.69) is 102 Å². The highest BCUT2D eigenvalue weighted by Crippen LogP contribution is 2.39. The Kier molecular flexibility index (Phi) is 3.90. The normalized spacial score (nSPS) is 11.5. The number of nitrogens with zero attached hydrogens (tertiary/aromatic N) is 1. The maximum atomic E-state index is 6.15. The summed E-state index contributed by atoms with van der Waals surface area (Å²) in [5.74, 6) is 0. The Morgan fingerprint density at radius 1 is 0.533 bits per heavy atom. The molecule has 6 rings (SSSR count). The Labute approximate surface area is 179 Å². The molecule has 1 heterocycles. The largest absolute Gasteiger partial charge is 0.309 e. The first-order chi connectivity index (χ1) is 14.8. The lowest BCUT2D eigenvalue weighted by atomic mass is 9.99. The van der Waals surface area contributed by atoms with Gasteiger partial charge in [-0.05, 0) is 46.8 Å². The van der Waals surface area contributed by atoms with Gasteiger partial charge in [-0.3, -0.25) is 0 Å². The van der Waals surface area contributed by atoms with Gasteiger partial charge in [-0.1, -0.05) is 90.5 Å². The van der Waals surface area contributed by atoms with Crippen molar-refractivity contribution in [3.63, 3.8) is 0 Å². The maximum absolute atomic E-state index is 6.15. The number of hydrogen-bond acceptors (Lipinski definition) is 0. The van der Waals surface area contributed by atoms with Gasteiger partial charge in [-0.2, -0.15) is 0 Å². The third-order valence-electron chi connectivity index (χ3n) is 5.86. The van der Waals surface area contributed by atoms with Crippen LogP contribution in [0.2, 0.25) is 5.02 Å². The number of hydrogen-bond donors (Lipinski definition) is 0. The lowest BCUT2D eigenvalue weighted by Crippen LogP contribution is -1.95. The summed E-state index contributed by atoms with van der Waals surface area (Å²) in [5.41, 5.74) is 6.02. The van der Waals surface area contributed by atoms with E-state index >= 15 is 0 Å². The average Bonchev–Trinajstić information content (AvgIpc) is 3.14. The topological polar surface area (TPSA) is 4.93 Å². The molecule has 0 atom stereocenters. The molecule has 0 N–H and O–H groups in total. The standard InChI is InChI=1S/C28H18ClN/c29-21-17-15-20(16-18-21)23-11-6-14-27-28(23)24-10-3-4-12-26(24)30(27)25-13-5-8-19-7-1-2-9-22(19)25/h1-18H. The van der Waals surface area contributed by atoms with Crippen LogP contribution < -0.4 is 0 Å². The van der Waals surface area contributed by atoms with Crippen molar-refractivity contribution in [2.24, 2.45) is 0 Å². The molecular formula is C28H18ClN. The molecule has 30 heavy (non-hydrogen) atoms. The van der Waals surface area contributed by atoms with Crippen molar-refractivity contribution in [3.8, 4) is 16.8 Å². The average molecular weight is 404 g/mol. The second kappa shape index (κ2) is 6.76. The summed E-state index contributed by atoms with van der Waals surface area (Å²) in [6, 6.07) is 38.4. The first-order valence-corrected chi connectivity index (χ1v) is 10.5. The summed E-state index contributed by atoms with van der Waals surface area (Å²) in [4.78, 5) is 0. The van der Waals surface area contributed by atoms with Crippen LogP contribution in [0.5, 0.6) is 0 Å². The first kappa shape index (κ1) is 17.3. The van der Waals surface area contributed by atoms with Crippen LogP contribution in [0.4, 0.5) is 0 Å². The van der Waals surface area contributed by atoms with Crippen molar-refractivity contribution in [1.82, 2.24) is 4.57 Å². The summed E-state index contributed by atoms with van der Waals surface area (Å²) in [6.07, 6.45) is 0. The Morgan fingerprint density at radius 2 is 1.20 bits per heavy atom. The zero-order valence-electron chi connectivity index (χ0n) is 16.2. The van der Waals surface area contributed by atoms with Crippen molar-refractivity contribution in [3.05, 3.63) is 114 Å². The molecule has 0 spiro atoms. The number of rotatable bonds is 2. The van der Waals surface area contributed by atoms with E-state index in [9.17, 15) is 0 Å². The Hall–Kier alpha value is -3.55. The van der Waals surface area contributed by atoms with Crippen LogP contribution in [0, 0.1) is 0 Å². The predicted octanol–water partition coefficient (Wildman–Crippen LogP) is 8.26. The van der Waals surface area contributed by atoms with Gasteiger partial charge in [-0.25, -0.2) is 0 Å². The molecule has 5 aromatic carbocycles. The minimum absolute atomic E-state index is 0.754. The fourth-order valence-electron chi connectivity index (χ4n) is 4.55. The van der Waals surface area contributed by atoms with Crippen molar-refractivity contribution in [2.45, 2.75) is 0 Å². The monoisotopic (exact) mass is 403 g/mol. The Morgan fingerprint density at radius 3 is 2.07 bits per heavy atom. The van der Waals surface area contributed by atoms with E-state index in [1.807, 2.05) is 12.1 Å². The van der Waals surface area contributed by atoms with Crippen LogP contribution in [0.25, 0.3) is 49.4 Å². The fraction of sp³-hybridized carbons (Fsp3) is 0. The molecule has 142 valence electrons. The molecule has 0 aliphatic rings. The van der Waals surface area contributed by atoms with Gasteiger partial charge in [0, 0.05) is 21.2 Å². The van der Waals surface area contributed by atoms with Crippen molar-refractivity contribution in [1.29, 1.82) is 0 Å². The van der Waals surface area contributed by atoms with E-state index in [1.54, 1.807) is 0 Å². The SMILES string of the molecule is Clc1ccc(-c2cccc3c2c2ccccc2n3-c2cccc3ccccc23)cc1. The molecule has 6 aromatic rings. The second-order valence-electron chi connectivity index (χ2n) is 7.56. The zero-order valence-corrected chi connectivity index (χ0v) is 17.0. The van der Waals surface area contributed by atoms with Gasteiger partial charge in [0.1, 0.15) is 0 Å². The molecule has 0 aliphatic carbocycles. The van der Waals surface area contributed by atoms with Crippen LogP contribution in [-0.4, -0.2) is 4.57 Å². The highest BCUT2D eigenvalue weighted by atomic mass is 35.5. The third kappa shape index (κ3) is 2.56. The summed E-state index contributed by atoms with van der Waals surface area (Å²) in [7, 11) is 0. The smallest absolute Gasteiger partial charge is 0.0547 e. The number of para-hydroxylation sites is 1. The summed E-state index contributed by atoms with van der Waals surface area (Å²) in [6.45, 7) is 0. The van der Waals surface area contributed by atoms with Crippen LogP contribution in [0.1, 0.15) is 0 Å². The van der Waals surface area contributed by atoms with Gasteiger partial charge in [0.25, 0.3) is 0 Å². The van der Waals surface area contributed by atoms with Crippen LogP contribution in [0.15, 0.2) is 109 Å². The van der Waals surface area contributed by atoms with Gasteiger partial charge in [0.15, 0.2) is 0 Å². The van der Waals surface area contributed by atoms with Crippen LogP contribution >= 0.6 is 11.6 Å².